The van der Waals surface area contributed by atoms with Gasteiger partial charge in [0.2, 0.25) is 5.95 Å². The molecule has 1 rings (SSSR count). The molecule has 14 heavy (non-hydrogen) atoms. The highest BCUT2D eigenvalue weighted by molar-refractivity contribution is 5.18. The number of hydrogen-bond donors (Lipinski definition) is 1. The Labute approximate surface area is 83.7 Å². The van der Waals surface area contributed by atoms with Crippen molar-refractivity contribution in [2.24, 2.45) is 0 Å². The summed E-state index contributed by atoms with van der Waals surface area (Å²) in [6.07, 6.45) is 2.98. The zero-order chi connectivity index (χ0) is 10.4. The van der Waals surface area contributed by atoms with Crippen molar-refractivity contribution in [2.75, 3.05) is 12.3 Å². The van der Waals surface area contributed by atoms with Crippen LogP contribution in [0, 0.1) is 0 Å². The van der Waals surface area contributed by atoms with Crippen LogP contribution in [0.4, 0.5) is 5.95 Å². The highest BCUT2D eigenvalue weighted by Crippen LogP contribution is 2.07. The van der Waals surface area contributed by atoms with Gasteiger partial charge in [-0.2, -0.15) is 15.0 Å². The SMILES string of the molecule is CCCCc1nc(N)nc(OCC)n1. The summed E-state index contributed by atoms with van der Waals surface area (Å²) in [5, 5.41) is 0. The van der Waals surface area contributed by atoms with Crippen molar-refractivity contribution < 1.29 is 4.74 Å². The van der Waals surface area contributed by atoms with Crippen molar-refractivity contribution in [3.8, 4) is 6.01 Å². The van der Waals surface area contributed by atoms with Gasteiger partial charge in [-0.3, -0.25) is 0 Å². The number of aromatic nitrogens is 3. The molecule has 1 heterocycles. The molecule has 0 aliphatic heterocycles. The molecule has 0 aliphatic rings. The number of ether oxygens (including phenoxy) is 1. The van der Waals surface area contributed by atoms with E-state index in [1.165, 1.54) is 0 Å². The fraction of sp³-hybridized carbons (Fsp3) is 0.667. The molecule has 78 valence electrons. The van der Waals surface area contributed by atoms with Crippen molar-refractivity contribution in [3.63, 3.8) is 0 Å². The number of aryl methyl sites for hydroxylation is 1. The van der Waals surface area contributed by atoms with Gasteiger partial charge in [0.15, 0.2) is 0 Å². The fourth-order valence-corrected chi connectivity index (χ4v) is 1.06. The molecule has 0 aliphatic carbocycles. The first-order valence-electron chi connectivity index (χ1n) is 4.89. The predicted octanol–water partition coefficient (Wildman–Crippen LogP) is 1.20. The van der Waals surface area contributed by atoms with Gasteiger partial charge in [-0.05, 0) is 13.3 Å². The molecule has 1 aromatic heterocycles. The van der Waals surface area contributed by atoms with E-state index in [0.717, 1.165) is 19.3 Å². The van der Waals surface area contributed by atoms with Crippen LogP contribution in [-0.2, 0) is 6.42 Å². The van der Waals surface area contributed by atoms with Gasteiger partial charge in [-0.1, -0.05) is 13.3 Å². The Morgan fingerprint density at radius 3 is 2.64 bits per heavy atom. The third kappa shape index (κ3) is 3.16. The van der Waals surface area contributed by atoms with E-state index in [2.05, 4.69) is 21.9 Å². The van der Waals surface area contributed by atoms with Crippen LogP contribution < -0.4 is 10.5 Å². The van der Waals surface area contributed by atoms with Crippen molar-refractivity contribution in [1.82, 2.24) is 15.0 Å². The molecule has 0 fully saturated rings. The Bertz CT molecular complexity index is 290. The molecule has 5 nitrogen and oxygen atoms in total. The summed E-state index contributed by atoms with van der Waals surface area (Å²) in [6, 6.07) is 0.325. The number of rotatable bonds is 5. The Morgan fingerprint density at radius 2 is 2.00 bits per heavy atom. The number of nitrogens with two attached hydrogens (primary N) is 1. The van der Waals surface area contributed by atoms with Gasteiger partial charge >= 0.3 is 6.01 Å². The summed E-state index contributed by atoms with van der Waals surface area (Å²) in [4.78, 5) is 12.0. The van der Waals surface area contributed by atoms with E-state index >= 15 is 0 Å². The van der Waals surface area contributed by atoms with E-state index in [1.807, 2.05) is 6.92 Å². The van der Waals surface area contributed by atoms with Crippen LogP contribution in [0.2, 0.25) is 0 Å². The predicted molar refractivity (Wildman–Crippen MR) is 54.0 cm³/mol. The van der Waals surface area contributed by atoms with Gasteiger partial charge in [0.05, 0.1) is 6.61 Å². The smallest absolute Gasteiger partial charge is 0.321 e. The van der Waals surface area contributed by atoms with E-state index in [9.17, 15) is 0 Å². The zero-order valence-corrected chi connectivity index (χ0v) is 8.66. The molecule has 2 N–H and O–H groups in total. The summed E-state index contributed by atoms with van der Waals surface area (Å²) in [7, 11) is 0. The van der Waals surface area contributed by atoms with Crippen LogP contribution in [0.25, 0.3) is 0 Å². The minimum Gasteiger partial charge on any atom is -0.464 e. The van der Waals surface area contributed by atoms with Crippen molar-refractivity contribution in [2.45, 2.75) is 33.1 Å². The first-order chi connectivity index (χ1) is 6.76. The van der Waals surface area contributed by atoms with Gasteiger partial charge in [-0.15, -0.1) is 0 Å². The molecule has 0 atom stereocenters. The number of hydrogen-bond acceptors (Lipinski definition) is 5. The normalized spacial score (nSPS) is 10.1. The van der Waals surface area contributed by atoms with Crippen LogP contribution in [0.1, 0.15) is 32.5 Å². The molecule has 0 bridgehead atoms. The monoisotopic (exact) mass is 196 g/mol. The van der Waals surface area contributed by atoms with Crippen LogP contribution >= 0.6 is 0 Å². The fourth-order valence-electron chi connectivity index (χ4n) is 1.06. The highest BCUT2D eigenvalue weighted by atomic mass is 16.5. The second-order valence-corrected chi connectivity index (χ2v) is 2.93. The summed E-state index contributed by atoms with van der Waals surface area (Å²) < 4.78 is 5.17. The second-order valence-electron chi connectivity index (χ2n) is 2.93. The Kier molecular flexibility index (Phi) is 4.10. The minimum atomic E-state index is 0.231. The molecule has 0 aromatic carbocycles. The van der Waals surface area contributed by atoms with Crippen LogP contribution in [-0.4, -0.2) is 21.6 Å². The molecule has 0 saturated carbocycles. The topological polar surface area (TPSA) is 73.9 Å². The first-order valence-corrected chi connectivity index (χ1v) is 4.89. The largest absolute Gasteiger partial charge is 0.464 e. The standard InChI is InChI=1S/C9H16N4O/c1-3-5-6-7-11-8(10)13-9(12-7)14-4-2/h3-6H2,1-2H3,(H2,10,11,12,13). The average Bonchev–Trinajstić information content (AvgIpc) is 2.14. The van der Waals surface area contributed by atoms with E-state index in [1.54, 1.807) is 0 Å². The molecule has 1 aromatic rings. The van der Waals surface area contributed by atoms with Crippen LogP contribution in [0.5, 0.6) is 6.01 Å². The molecule has 0 radical (unpaired) electrons. The summed E-state index contributed by atoms with van der Waals surface area (Å²) in [5.74, 6) is 0.942. The lowest BCUT2D eigenvalue weighted by Crippen LogP contribution is -2.06. The minimum absolute atomic E-state index is 0.231. The molecule has 0 unspecified atom stereocenters. The number of anilines is 1. The lowest BCUT2D eigenvalue weighted by molar-refractivity contribution is 0.310. The molecular weight excluding hydrogens is 180 g/mol. The summed E-state index contributed by atoms with van der Waals surface area (Å²) in [5.41, 5.74) is 5.52. The van der Waals surface area contributed by atoms with Gasteiger partial charge in [0.1, 0.15) is 5.82 Å². The van der Waals surface area contributed by atoms with E-state index in [-0.39, 0.29) is 5.95 Å². The maximum atomic E-state index is 5.52. The molecule has 0 amide bonds. The van der Waals surface area contributed by atoms with E-state index < -0.39 is 0 Å². The van der Waals surface area contributed by atoms with E-state index in [0.29, 0.717) is 18.4 Å². The van der Waals surface area contributed by atoms with E-state index in [4.69, 9.17) is 10.5 Å². The molecule has 0 spiro atoms. The molecular formula is C9H16N4O. The number of nitrogen functional groups attached to an aromatic ring is 1. The highest BCUT2D eigenvalue weighted by Gasteiger charge is 2.03. The molecule has 0 saturated heterocycles. The Balaban J connectivity index is 2.73. The number of unbranched alkanes of at least 4 members (excludes halogenated alkanes) is 1. The zero-order valence-electron chi connectivity index (χ0n) is 8.66. The average molecular weight is 196 g/mol. The Hall–Kier alpha value is -1.39. The van der Waals surface area contributed by atoms with Crippen molar-refractivity contribution in [3.05, 3.63) is 5.82 Å². The second kappa shape index (κ2) is 5.36. The quantitative estimate of drug-likeness (QED) is 0.765. The number of nitrogens with zero attached hydrogens (tertiary/aromatic N) is 3. The third-order valence-electron chi connectivity index (χ3n) is 1.71. The maximum Gasteiger partial charge on any atom is 0.321 e. The Morgan fingerprint density at radius 1 is 1.21 bits per heavy atom. The lowest BCUT2D eigenvalue weighted by atomic mass is 10.2. The maximum absolute atomic E-state index is 5.52. The third-order valence-corrected chi connectivity index (χ3v) is 1.71. The van der Waals surface area contributed by atoms with Crippen molar-refractivity contribution in [1.29, 1.82) is 0 Å². The van der Waals surface area contributed by atoms with Crippen LogP contribution in [0.3, 0.4) is 0 Å². The molecule has 5 heteroatoms. The summed E-state index contributed by atoms with van der Waals surface area (Å²) >= 11 is 0. The lowest BCUT2D eigenvalue weighted by Gasteiger charge is -2.03. The van der Waals surface area contributed by atoms with Gasteiger partial charge in [0, 0.05) is 6.42 Å². The van der Waals surface area contributed by atoms with Gasteiger partial charge < -0.3 is 10.5 Å². The summed E-state index contributed by atoms with van der Waals surface area (Å²) in [6.45, 7) is 4.54. The van der Waals surface area contributed by atoms with Gasteiger partial charge in [-0.25, -0.2) is 0 Å². The van der Waals surface area contributed by atoms with Gasteiger partial charge in [0.25, 0.3) is 0 Å². The first kappa shape index (κ1) is 10.7. The van der Waals surface area contributed by atoms with Crippen molar-refractivity contribution >= 4 is 5.95 Å². The van der Waals surface area contributed by atoms with Crippen LogP contribution in [0.15, 0.2) is 0 Å².